The molecular weight excluding hydrogens is 372 g/mol. The van der Waals surface area contributed by atoms with E-state index in [4.69, 9.17) is 9.40 Å². The van der Waals surface area contributed by atoms with Crippen molar-refractivity contribution in [2.24, 2.45) is 0 Å². The molecule has 0 aliphatic heterocycles. The largest absolute Gasteiger partial charge is 0.423 e. The average molecular weight is 392 g/mol. The fraction of sp³-hybridized carbons (Fsp3) is 0.0769. The molecule has 0 spiro atoms. The summed E-state index contributed by atoms with van der Waals surface area (Å²) >= 11 is 0. The van der Waals surface area contributed by atoms with E-state index in [0.717, 1.165) is 44.6 Å². The topological polar surface area (TPSA) is 58.9 Å². The van der Waals surface area contributed by atoms with Crippen molar-refractivity contribution in [3.63, 3.8) is 0 Å². The van der Waals surface area contributed by atoms with E-state index in [2.05, 4.69) is 23.2 Å². The van der Waals surface area contributed by atoms with Gasteiger partial charge in [0.1, 0.15) is 11.4 Å². The molecule has 0 amide bonds. The predicted octanol–water partition coefficient (Wildman–Crippen LogP) is 6.13. The van der Waals surface area contributed by atoms with Gasteiger partial charge in [-0.3, -0.25) is 0 Å². The Balaban J connectivity index is 1.82. The molecule has 0 saturated heterocycles. The average Bonchev–Trinajstić information content (AvgIpc) is 3.19. The van der Waals surface area contributed by atoms with Gasteiger partial charge in [0.2, 0.25) is 0 Å². The van der Waals surface area contributed by atoms with E-state index in [1.807, 2.05) is 68.4 Å². The van der Waals surface area contributed by atoms with Crippen molar-refractivity contribution in [1.29, 1.82) is 0 Å². The number of fused-ring (bicyclic) bond motifs is 1. The number of imidazole rings is 1. The molecule has 0 fully saturated rings. The second kappa shape index (κ2) is 7.16. The highest BCUT2D eigenvalue weighted by Crippen LogP contribution is 2.35. The number of hydrogen-bond donors (Lipinski definition) is 1. The van der Waals surface area contributed by atoms with Crippen molar-refractivity contribution in [2.45, 2.75) is 13.8 Å². The first kappa shape index (κ1) is 18.1. The smallest absolute Gasteiger partial charge is 0.336 e. The Labute approximate surface area is 173 Å². The highest BCUT2D eigenvalue weighted by atomic mass is 16.4. The zero-order valence-corrected chi connectivity index (χ0v) is 16.8. The standard InChI is InChI=1S/C26H20N2O2/c1-16-13-17(2)23-20(15-22(29)30-21(23)14-16)26-27-24(18-9-5-3-6-10-18)25(28-26)19-11-7-4-8-12-19/h3-15H,1-2H3,(H,27,28). The van der Waals surface area contributed by atoms with Crippen LogP contribution < -0.4 is 5.63 Å². The number of hydrogen-bond acceptors (Lipinski definition) is 3. The van der Waals surface area contributed by atoms with Crippen LogP contribution in [0.1, 0.15) is 11.1 Å². The fourth-order valence-electron chi connectivity index (χ4n) is 3.99. The van der Waals surface area contributed by atoms with E-state index < -0.39 is 0 Å². The monoisotopic (exact) mass is 392 g/mol. The second-order valence-electron chi connectivity index (χ2n) is 7.48. The van der Waals surface area contributed by atoms with Gasteiger partial charge in [0.05, 0.1) is 11.4 Å². The van der Waals surface area contributed by atoms with Crippen LogP contribution in [-0.4, -0.2) is 9.97 Å². The van der Waals surface area contributed by atoms with Crippen molar-refractivity contribution >= 4 is 11.0 Å². The van der Waals surface area contributed by atoms with Crippen LogP contribution >= 0.6 is 0 Å². The third kappa shape index (κ3) is 3.12. The minimum atomic E-state index is -0.388. The van der Waals surface area contributed by atoms with E-state index >= 15 is 0 Å². The van der Waals surface area contributed by atoms with Gasteiger partial charge in [-0.2, -0.15) is 0 Å². The van der Waals surface area contributed by atoms with Crippen LogP contribution in [0.5, 0.6) is 0 Å². The summed E-state index contributed by atoms with van der Waals surface area (Å²) in [5.74, 6) is 0.651. The lowest BCUT2D eigenvalue weighted by molar-refractivity contribution is 0.561. The molecule has 0 aliphatic rings. The number of nitrogens with one attached hydrogen (secondary N) is 1. The molecule has 0 radical (unpaired) electrons. The van der Waals surface area contributed by atoms with E-state index in [1.54, 1.807) is 0 Å². The van der Waals surface area contributed by atoms with Gasteiger partial charge in [-0.05, 0) is 31.0 Å². The van der Waals surface area contributed by atoms with Crippen LogP contribution in [0.4, 0.5) is 0 Å². The molecule has 1 N–H and O–H groups in total. The maximum atomic E-state index is 12.3. The summed E-state index contributed by atoms with van der Waals surface area (Å²) in [5.41, 5.74) is 6.85. The van der Waals surface area contributed by atoms with Crippen molar-refractivity contribution in [3.8, 4) is 33.9 Å². The third-order valence-corrected chi connectivity index (χ3v) is 5.25. The summed E-state index contributed by atoms with van der Waals surface area (Å²) in [5, 5.41) is 0.896. The van der Waals surface area contributed by atoms with Gasteiger partial charge in [-0.15, -0.1) is 0 Å². The van der Waals surface area contributed by atoms with Gasteiger partial charge in [0.15, 0.2) is 0 Å². The lowest BCUT2D eigenvalue weighted by Gasteiger charge is -2.07. The molecule has 0 aliphatic carbocycles. The Bertz CT molecular complexity index is 1360. The van der Waals surface area contributed by atoms with Gasteiger partial charge in [0, 0.05) is 28.1 Å². The number of aromatic amines is 1. The first-order valence-electron chi connectivity index (χ1n) is 9.86. The Morgan fingerprint density at radius 2 is 1.50 bits per heavy atom. The van der Waals surface area contributed by atoms with Crippen molar-refractivity contribution in [3.05, 3.63) is 100 Å². The molecule has 5 rings (SSSR count). The van der Waals surface area contributed by atoms with Gasteiger partial charge in [0.25, 0.3) is 0 Å². The van der Waals surface area contributed by atoms with Crippen LogP contribution in [0.25, 0.3) is 44.9 Å². The molecule has 0 unspecified atom stereocenters. The lowest BCUT2D eigenvalue weighted by Crippen LogP contribution is -2.00. The normalized spacial score (nSPS) is 11.1. The molecule has 2 aromatic heterocycles. The van der Waals surface area contributed by atoms with E-state index in [9.17, 15) is 4.79 Å². The van der Waals surface area contributed by atoms with Crippen LogP contribution in [0, 0.1) is 13.8 Å². The summed E-state index contributed by atoms with van der Waals surface area (Å²) in [6, 6.07) is 25.7. The number of benzene rings is 3. The summed E-state index contributed by atoms with van der Waals surface area (Å²) in [6.07, 6.45) is 0. The zero-order chi connectivity index (χ0) is 20.7. The Morgan fingerprint density at radius 3 is 2.20 bits per heavy atom. The zero-order valence-electron chi connectivity index (χ0n) is 16.8. The first-order valence-corrected chi connectivity index (χ1v) is 9.86. The molecule has 5 aromatic rings. The van der Waals surface area contributed by atoms with Gasteiger partial charge >= 0.3 is 5.63 Å². The van der Waals surface area contributed by atoms with Crippen molar-refractivity contribution in [2.75, 3.05) is 0 Å². The van der Waals surface area contributed by atoms with Crippen LogP contribution in [-0.2, 0) is 0 Å². The van der Waals surface area contributed by atoms with Crippen LogP contribution in [0.3, 0.4) is 0 Å². The second-order valence-corrected chi connectivity index (χ2v) is 7.48. The first-order chi connectivity index (χ1) is 14.6. The molecule has 4 heteroatoms. The number of aryl methyl sites for hydroxylation is 2. The Morgan fingerprint density at radius 1 is 0.833 bits per heavy atom. The minimum absolute atomic E-state index is 0.388. The van der Waals surface area contributed by atoms with Gasteiger partial charge < -0.3 is 9.40 Å². The lowest BCUT2D eigenvalue weighted by atomic mass is 10.0. The number of aromatic nitrogens is 2. The highest BCUT2D eigenvalue weighted by molar-refractivity contribution is 5.95. The SMILES string of the molecule is Cc1cc(C)c2c(-c3nc(-c4ccccc4)c(-c4ccccc4)[nH]3)cc(=O)oc2c1. The molecule has 3 aromatic carbocycles. The van der Waals surface area contributed by atoms with Crippen LogP contribution in [0.15, 0.2) is 88.1 Å². The van der Waals surface area contributed by atoms with E-state index in [-0.39, 0.29) is 5.63 Å². The van der Waals surface area contributed by atoms with Crippen LogP contribution in [0.2, 0.25) is 0 Å². The summed E-state index contributed by atoms with van der Waals surface area (Å²) in [7, 11) is 0. The molecular formula is C26H20N2O2. The Hall–Kier alpha value is -3.92. The predicted molar refractivity (Wildman–Crippen MR) is 120 cm³/mol. The molecule has 0 bridgehead atoms. The highest BCUT2D eigenvalue weighted by Gasteiger charge is 2.18. The number of rotatable bonds is 3. The quantitative estimate of drug-likeness (QED) is 0.376. The minimum Gasteiger partial charge on any atom is -0.423 e. The maximum Gasteiger partial charge on any atom is 0.336 e. The Kier molecular flexibility index (Phi) is 4.32. The molecule has 2 heterocycles. The third-order valence-electron chi connectivity index (χ3n) is 5.25. The number of nitrogens with zero attached hydrogens (tertiary/aromatic N) is 1. The summed E-state index contributed by atoms with van der Waals surface area (Å²) in [6.45, 7) is 4.02. The van der Waals surface area contributed by atoms with E-state index in [0.29, 0.717) is 11.4 Å². The molecule has 30 heavy (non-hydrogen) atoms. The number of H-pyrrole nitrogens is 1. The van der Waals surface area contributed by atoms with Crippen molar-refractivity contribution in [1.82, 2.24) is 9.97 Å². The maximum absolute atomic E-state index is 12.3. The molecule has 0 atom stereocenters. The summed E-state index contributed by atoms with van der Waals surface area (Å²) in [4.78, 5) is 20.8. The molecule has 4 nitrogen and oxygen atoms in total. The molecule has 0 saturated carbocycles. The molecule has 146 valence electrons. The van der Waals surface area contributed by atoms with Crippen molar-refractivity contribution < 1.29 is 4.42 Å². The fourth-order valence-corrected chi connectivity index (χ4v) is 3.99. The van der Waals surface area contributed by atoms with Gasteiger partial charge in [-0.1, -0.05) is 66.7 Å². The van der Waals surface area contributed by atoms with E-state index in [1.165, 1.54) is 6.07 Å². The van der Waals surface area contributed by atoms with Gasteiger partial charge in [-0.25, -0.2) is 9.78 Å². The summed E-state index contributed by atoms with van der Waals surface area (Å²) < 4.78 is 5.49.